The number of fused-ring (bicyclic) bond motifs is 1. The summed E-state index contributed by atoms with van der Waals surface area (Å²) in [5, 5.41) is 12.9. The van der Waals surface area contributed by atoms with Crippen LogP contribution >= 0.6 is 0 Å². The van der Waals surface area contributed by atoms with Gasteiger partial charge in [0.15, 0.2) is 0 Å². The Balaban J connectivity index is 1.52. The summed E-state index contributed by atoms with van der Waals surface area (Å²) >= 11 is 0. The number of aliphatic hydroxyl groups excluding tert-OH is 1. The van der Waals surface area contributed by atoms with E-state index in [-0.39, 0.29) is 30.4 Å². The number of nitrogens with zero attached hydrogens (tertiary/aromatic N) is 2. The van der Waals surface area contributed by atoms with Crippen LogP contribution < -0.4 is 5.32 Å². The lowest BCUT2D eigenvalue weighted by molar-refractivity contribution is -0.122. The molecule has 1 fully saturated rings. The third-order valence-corrected chi connectivity index (χ3v) is 5.25. The van der Waals surface area contributed by atoms with E-state index >= 15 is 0 Å². The molecule has 3 aromatic rings. The minimum absolute atomic E-state index is 0.0245. The fraction of sp³-hybridized carbons (Fsp3) is 0.333. The predicted octanol–water partition coefficient (Wildman–Crippen LogP) is 2.81. The Hall–Kier alpha value is -2.66. The van der Waals surface area contributed by atoms with Gasteiger partial charge >= 0.3 is 0 Å². The highest BCUT2D eigenvalue weighted by molar-refractivity contribution is 5.79. The van der Waals surface area contributed by atoms with E-state index in [1.165, 1.54) is 0 Å². The van der Waals surface area contributed by atoms with Crippen molar-refractivity contribution in [2.24, 2.45) is 5.92 Å². The second-order valence-corrected chi connectivity index (χ2v) is 7.15. The number of hydrogen-bond donors (Lipinski definition) is 2. The van der Waals surface area contributed by atoms with Crippen LogP contribution in [0.1, 0.15) is 35.7 Å². The van der Waals surface area contributed by atoms with Crippen molar-refractivity contribution in [1.29, 1.82) is 0 Å². The molecule has 1 atom stereocenters. The molecule has 0 saturated heterocycles. The van der Waals surface area contributed by atoms with E-state index in [0.717, 1.165) is 35.3 Å². The van der Waals surface area contributed by atoms with Gasteiger partial charge in [0.1, 0.15) is 5.65 Å². The van der Waals surface area contributed by atoms with Gasteiger partial charge in [-0.2, -0.15) is 0 Å². The van der Waals surface area contributed by atoms with Gasteiger partial charge in [-0.05, 0) is 42.9 Å². The van der Waals surface area contributed by atoms with Gasteiger partial charge in [-0.3, -0.25) is 4.79 Å². The number of pyridine rings is 1. The Bertz CT molecular complexity index is 913. The van der Waals surface area contributed by atoms with Crippen molar-refractivity contribution in [2.45, 2.75) is 38.3 Å². The minimum atomic E-state index is -0.245. The van der Waals surface area contributed by atoms with Crippen LogP contribution in [0, 0.1) is 12.8 Å². The Morgan fingerprint density at radius 1 is 1.27 bits per heavy atom. The highest BCUT2D eigenvalue weighted by atomic mass is 16.3. The zero-order valence-corrected chi connectivity index (χ0v) is 14.8. The monoisotopic (exact) mass is 349 g/mol. The normalized spacial score (nSPS) is 20.5. The largest absolute Gasteiger partial charge is 0.393 e. The van der Waals surface area contributed by atoms with E-state index in [0.29, 0.717) is 0 Å². The molecular weight excluding hydrogens is 326 g/mol. The molecule has 5 nitrogen and oxygen atoms in total. The maximum Gasteiger partial charge on any atom is 0.226 e. The summed E-state index contributed by atoms with van der Waals surface area (Å²) in [5.74, 6) is 0.254. The topological polar surface area (TPSA) is 66.6 Å². The van der Waals surface area contributed by atoms with E-state index < -0.39 is 0 Å². The number of aryl methyl sites for hydroxylation is 1. The molecule has 0 radical (unpaired) electrons. The number of nitrogens with one attached hydrogen (secondary N) is 1. The summed E-state index contributed by atoms with van der Waals surface area (Å²) in [6.45, 7) is 2.01. The smallest absolute Gasteiger partial charge is 0.226 e. The van der Waals surface area contributed by atoms with E-state index in [2.05, 4.69) is 10.3 Å². The first-order valence-electron chi connectivity index (χ1n) is 9.06. The highest BCUT2D eigenvalue weighted by Gasteiger charge is 2.35. The fourth-order valence-electron chi connectivity index (χ4n) is 3.76. The average molecular weight is 349 g/mol. The lowest BCUT2D eigenvalue weighted by Crippen LogP contribution is -2.41. The molecule has 1 saturated carbocycles. The molecule has 2 N–H and O–H groups in total. The summed E-state index contributed by atoms with van der Waals surface area (Å²) < 4.78 is 1.97. The quantitative estimate of drug-likeness (QED) is 0.744. The standard InChI is InChI=1S/C21H23N3O2/c1-14-6-5-9-24-17(13-22-21(14)24)12-19(26)23-20(16-10-18(25)11-16)15-7-3-2-4-8-15/h2-9,13,16,18,20,25H,10-12H2,1H3,(H,23,26). The summed E-state index contributed by atoms with van der Waals surface area (Å²) in [6.07, 6.45) is 5.21. The molecule has 1 aliphatic rings. The lowest BCUT2D eigenvalue weighted by atomic mass is 9.75. The lowest BCUT2D eigenvalue weighted by Gasteiger charge is -2.38. The molecule has 0 bridgehead atoms. The number of aromatic nitrogens is 2. The number of aliphatic hydroxyl groups is 1. The minimum Gasteiger partial charge on any atom is -0.393 e. The van der Waals surface area contributed by atoms with Crippen molar-refractivity contribution in [2.75, 3.05) is 0 Å². The van der Waals surface area contributed by atoms with Gasteiger partial charge in [-0.15, -0.1) is 0 Å². The SMILES string of the molecule is Cc1cccn2c(CC(=O)NC(c3ccccc3)C3CC(O)C3)cnc12. The Kier molecular flexibility index (Phi) is 4.47. The van der Waals surface area contributed by atoms with E-state index in [1.54, 1.807) is 6.20 Å². The van der Waals surface area contributed by atoms with Gasteiger partial charge in [0, 0.05) is 12.4 Å². The summed E-state index contributed by atoms with van der Waals surface area (Å²) in [7, 11) is 0. The van der Waals surface area contributed by atoms with E-state index in [9.17, 15) is 9.90 Å². The van der Waals surface area contributed by atoms with Crippen molar-refractivity contribution in [3.8, 4) is 0 Å². The second kappa shape index (κ2) is 6.92. The number of hydrogen-bond acceptors (Lipinski definition) is 3. The number of carbonyl (C=O) groups is 1. The first-order chi connectivity index (χ1) is 12.6. The molecule has 26 heavy (non-hydrogen) atoms. The van der Waals surface area contributed by atoms with Gasteiger partial charge in [0.05, 0.1) is 24.3 Å². The van der Waals surface area contributed by atoms with Crippen molar-refractivity contribution < 1.29 is 9.90 Å². The Morgan fingerprint density at radius 2 is 2.04 bits per heavy atom. The average Bonchev–Trinajstić information content (AvgIpc) is 3.02. The first kappa shape index (κ1) is 16.8. The van der Waals surface area contributed by atoms with Crippen molar-refractivity contribution in [3.63, 3.8) is 0 Å². The van der Waals surface area contributed by atoms with Crippen LogP contribution in [0.4, 0.5) is 0 Å². The van der Waals surface area contributed by atoms with Crippen molar-refractivity contribution in [3.05, 3.63) is 71.7 Å². The van der Waals surface area contributed by atoms with Crippen LogP contribution in [0.5, 0.6) is 0 Å². The number of carbonyl (C=O) groups excluding carboxylic acids is 1. The summed E-state index contributed by atoms with van der Waals surface area (Å²) in [6, 6.07) is 13.9. The highest BCUT2D eigenvalue weighted by Crippen LogP contribution is 2.38. The molecule has 1 aliphatic carbocycles. The third-order valence-electron chi connectivity index (χ3n) is 5.25. The molecule has 134 valence electrons. The zero-order chi connectivity index (χ0) is 18.1. The molecule has 2 heterocycles. The summed E-state index contributed by atoms with van der Waals surface area (Å²) in [5.41, 5.74) is 3.94. The Morgan fingerprint density at radius 3 is 2.77 bits per heavy atom. The van der Waals surface area contributed by atoms with Crippen molar-refractivity contribution in [1.82, 2.24) is 14.7 Å². The maximum absolute atomic E-state index is 12.7. The molecule has 1 unspecified atom stereocenters. The molecule has 2 aromatic heterocycles. The molecular formula is C21H23N3O2. The van der Waals surface area contributed by atoms with Gasteiger partial charge in [0.2, 0.25) is 5.91 Å². The maximum atomic E-state index is 12.7. The zero-order valence-electron chi connectivity index (χ0n) is 14.8. The van der Waals surface area contributed by atoms with Gasteiger partial charge in [-0.25, -0.2) is 4.98 Å². The van der Waals surface area contributed by atoms with Crippen LogP contribution in [-0.2, 0) is 11.2 Å². The van der Waals surface area contributed by atoms with Crippen LogP contribution in [-0.4, -0.2) is 26.5 Å². The molecule has 0 spiro atoms. The molecule has 1 amide bonds. The van der Waals surface area contributed by atoms with Crippen LogP contribution in [0.15, 0.2) is 54.9 Å². The number of benzene rings is 1. The molecule has 4 rings (SSSR count). The predicted molar refractivity (Wildman–Crippen MR) is 99.7 cm³/mol. The number of amides is 1. The molecule has 1 aromatic carbocycles. The fourth-order valence-corrected chi connectivity index (χ4v) is 3.76. The van der Waals surface area contributed by atoms with E-state index in [4.69, 9.17) is 0 Å². The van der Waals surface area contributed by atoms with Crippen LogP contribution in [0.3, 0.4) is 0 Å². The third kappa shape index (κ3) is 3.22. The van der Waals surface area contributed by atoms with Gasteiger partial charge in [-0.1, -0.05) is 36.4 Å². The van der Waals surface area contributed by atoms with E-state index in [1.807, 2.05) is 60.0 Å². The van der Waals surface area contributed by atoms with Crippen molar-refractivity contribution >= 4 is 11.6 Å². The van der Waals surface area contributed by atoms with Gasteiger partial charge < -0.3 is 14.8 Å². The van der Waals surface area contributed by atoms with Gasteiger partial charge in [0.25, 0.3) is 0 Å². The number of imidazole rings is 1. The Labute approximate surface area is 152 Å². The summed E-state index contributed by atoms with van der Waals surface area (Å²) in [4.78, 5) is 17.2. The molecule has 0 aliphatic heterocycles. The second-order valence-electron chi connectivity index (χ2n) is 7.15. The first-order valence-corrected chi connectivity index (χ1v) is 9.06. The van der Waals surface area contributed by atoms with Crippen LogP contribution in [0.2, 0.25) is 0 Å². The van der Waals surface area contributed by atoms with Crippen LogP contribution in [0.25, 0.3) is 5.65 Å². The molecule has 5 heteroatoms. The number of rotatable bonds is 5.